The summed E-state index contributed by atoms with van der Waals surface area (Å²) in [5, 5.41) is 12.2. The van der Waals surface area contributed by atoms with Crippen molar-refractivity contribution in [1.29, 1.82) is 0 Å². The Hall–Kier alpha value is -2.11. The molecule has 0 aliphatic carbocycles. The summed E-state index contributed by atoms with van der Waals surface area (Å²) in [6.45, 7) is 4.53. The van der Waals surface area contributed by atoms with Gasteiger partial charge in [0.15, 0.2) is 0 Å². The van der Waals surface area contributed by atoms with Gasteiger partial charge in [-0.1, -0.05) is 50.2 Å². The molecule has 0 saturated heterocycles. The summed E-state index contributed by atoms with van der Waals surface area (Å²) in [5.41, 5.74) is 2.07. The van der Waals surface area contributed by atoms with E-state index in [1.165, 1.54) is 11.8 Å². The molecule has 0 fully saturated rings. The van der Waals surface area contributed by atoms with Crippen LogP contribution in [0.15, 0.2) is 59.9 Å². The van der Waals surface area contributed by atoms with Crippen molar-refractivity contribution in [3.63, 3.8) is 0 Å². The van der Waals surface area contributed by atoms with Crippen LogP contribution < -0.4 is 4.74 Å². The molecule has 0 aliphatic rings. The Bertz CT molecular complexity index is 833. The van der Waals surface area contributed by atoms with E-state index in [0.717, 1.165) is 27.2 Å². The zero-order valence-corrected chi connectivity index (χ0v) is 15.2. The van der Waals surface area contributed by atoms with E-state index in [4.69, 9.17) is 4.74 Å². The van der Waals surface area contributed by atoms with Gasteiger partial charge in [0, 0.05) is 11.1 Å². The molecule has 0 saturated carbocycles. The van der Waals surface area contributed by atoms with Gasteiger partial charge in [0.25, 0.3) is 0 Å². The molecule has 3 aromatic rings. The number of nitrogens with zero attached hydrogens (tertiary/aromatic N) is 2. The average Bonchev–Trinajstić information content (AvgIpc) is 2.64. The summed E-state index contributed by atoms with van der Waals surface area (Å²) in [5.74, 6) is 1.74. The zero-order valence-electron chi connectivity index (χ0n) is 14.4. The minimum Gasteiger partial charge on any atom is -0.491 e. The minimum absolute atomic E-state index is 0.264. The molecule has 1 aromatic heterocycles. The van der Waals surface area contributed by atoms with Crippen LogP contribution in [0, 0.1) is 0 Å². The van der Waals surface area contributed by atoms with Crippen LogP contribution in [-0.2, 0) is 0 Å². The molecule has 25 heavy (non-hydrogen) atoms. The highest BCUT2D eigenvalue weighted by atomic mass is 32.2. The van der Waals surface area contributed by atoms with Crippen molar-refractivity contribution in [3.8, 4) is 5.75 Å². The molecule has 130 valence electrons. The number of para-hydroxylation sites is 2. The second kappa shape index (κ2) is 8.32. The Balaban J connectivity index is 1.59. The third kappa shape index (κ3) is 4.50. The summed E-state index contributed by atoms with van der Waals surface area (Å²) in [6, 6.07) is 15.9. The van der Waals surface area contributed by atoms with Gasteiger partial charge in [-0.05, 0) is 23.6 Å². The maximum Gasteiger partial charge on any atom is 0.122 e. The molecule has 0 amide bonds. The Morgan fingerprint density at radius 1 is 1.04 bits per heavy atom. The van der Waals surface area contributed by atoms with E-state index in [9.17, 15) is 5.11 Å². The van der Waals surface area contributed by atoms with Crippen molar-refractivity contribution < 1.29 is 9.84 Å². The molecule has 0 unspecified atom stereocenters. The second-order valence-corrected chi connectivity index (χ2v) is 7.17. The fourth-order valence-electron chi connectivity index (χ4n) is 2.59. The highest BCUT2D eigenvalue weighted by molar-refractivity contribution is 7.99. The topological polar surface area (TPSA) is 55.2 Å². The number of aliphatic hydroxyl groups excluding tert-OH is 1. The molecule has 5 heteroatoms. The monoisotopic (exact) mass is 354 g/mol. The zero-order chi connectivity index (χ0) is 17.6. The first-order chi connectivity index (χ1) is 12.1. The van der Waals surface area contributed by atoms with Gasteiger partial charge in [0.2, 0.25) is 0 Å². The number of fused-ring (bicyclic) bond motifs is 1. The SMILES string of the molecule is CC(C)c1ccccc1OC[C@H](O)CSc1ncnc2ccccc12. The van der Waals surface area contributed by atoms with Crippen molar-refractivity contribution in [2.45, 2.75) is 30.9 Å². The normalized spacial score (nSPS) is 12.5. The largest absolute Gasteiger partial charge is 0.491 e. The molecule has 2 aromatic carbocycles. The molecular formula is C20H22N2O2S. The molecule has 1 N–H and O–H groups in total. The number of hydrogen-bond donors (Lipinski definition) is 1. The lowest BCUT2D eigenvalue weighted by molar-refractivity contribution is 0.125. The lowest BCUT2D eigenvalue weighted by Gasteiger charge is -2.16. The predicted octanol–water partition coefficient (Wildman–Crippen LogP) is 4.29. The summed E-state index contributed by atoms with van der Waals surface area (Å²) in [4.78, 5) is 8.59. The van der Waals surface area contributed by atoms with Crippen LogP contribution >= 0.6 is 11.8 Å². The van der Waals surface area contributed by atoms with Crippen LogP contribution in [-0.4, -0.2) is 33.5 Å². The van der Waals surface area contributed by atoms with Crippen molar-refractivity contribution in [2.75, 3.05) is 12.4 Å². The number of benzene rings is 2. The fraction of sp³-hybridized carbons (Fsp3) is 0.300. The Kier molecular flexibility index (Phi) is 5.89. The van der Waals surface area contributed by atoms with Crippen molar-refractivity contribution in [1.82, 2.24) is 9.97 Å². The first kappa shape index (κ1) is 17.7. The maximum absolute atomic E-state index is 10.3. The van der Waals surface area contributed by atoms with Crippen LogP contribution in [0.1, 0.15) is 25.3 Å². The molecule has 0 aliphatic heterocycles. The molecule has 1 heterocycles. The van der Waals surface area contributed by atoms with Crippen molar-refractivity contribution in [2.24, 2.45) is 0 Å². The lowest BCUT2D eigenvalue weighted by atomic mass is 10.0. The van der Waals surface area contributed by atoms with Crippen LogP contribution in [0.2, 0.25) is 0 Å². The van der Waals surface area contributed by atoms with E-state index < -0.39 is 6.10 Å². The molecule has 0 radical (unpaired) electrons. The Morgan fingerprint density at radius 2 is 1.80 bits per heavy atom. The molecular weight excluding hydrogens is 332 g/mol. The van der Waals surface area contributed by atoms with Crippen LogP contribution in [0.4, 0.5) is 0 Å². The van der Waals surface area contributed by atoms with Gasteiger partial charge < -0.3 is 9.84 Å². The summed E-state index contributed by atoms with van der Waals surface area (Å²) in [6.07, 6.45) is 0.992. The van der Waals surface area contributed by atoms with E-state index in [2.05, 4.69) is 29.9 Å². The van der Waals surface area contributed by atoms with Gasteiger partial charge >= 0.3 is 0 Å². The van der Waals surface area contributed by atoms with E-state index in [-0.39, 0.29) is 6.61 Å². The highest BCUT2D eigenvalue weighted by Gasteiger charge is 2.12. The van der Waals surface area contributed by atoms with Gasteiger partial charge in [-0.25, -0.2) is 9.97 Å². The maximum atomic E-state index is 10.3. The van der Waals surface area contributed by atoms with Gasteiger partial charge in [0.05, 0.1) is 11.6 Å². The second-order valence-electron chi connectivity index (χ2n) is 6.16. The fourth-order valence-corrected chi connectivity index (χ4v) is 3.49. The third-order valence-corrected chi connectivity index (χ3v) is 5.04. The number of hydrogen-bond acceptors (Lipinski definition) is 5. The third-order valence-electron chi connectivity index (χ3n) is 3.89. The number of aromatic nitrogens is 2. The van der Waals surface area contributed by atoms with E-state index in [1.807, 2.05) is 42.5 Å². The summed E-state index contributed by atoms with van der Waals surface area (Å²) < 4.78 is 5.84. The predicted molar refractivity (Wildman–Crippen MR) is 102 cm³/mol. The first-order valence-corrected chi connectivity index (χ1v) is 9.36. The molecule has 3 rings (SSSR count). The lowest BCUT2D eigenvalue weighted by Crippen LogP contribution is -2.20. The van der Waals surface area contributed by atoms with Crippen molar-refractivity contribution in [3.05, 3.63) is 60.4 Å². The summed E-state index contributed by atoms with van der Waals surface area (Å²) in [7, 11) is 0. The van der Waals surface area contributed by atoms with Crippen molar-refractivity contribution >= 4 is 22.7 Å². The first-order valence-electron chi connectivity index (χ1n) is 8.37. The summed E-state index contributed by atoms with van der Waals surface area (Å²) >= 11 is 1.52. The van der Waals surface area contributed by atoms with Crippen LogP contribution in [0.3, 0.4) is 0 Å². The number of ether oxygens (including phenoxy) is 1. The van der Waals surface area contributed by atoms with Crippen LogP contribution in [0.25, 0.3) is 10.9 Å². The average molecular weight is 354 g/mol. The smallest absolute Gasteiger partial charge is 0.122 e. The van der Waals surface area contributed by atoms with E-state index in [1.54, 1.807) is 6.33 Å². The number of aliphatic hydroxyl groups is 1. The van der Waals surface area contributed by atoms with Gasteiger partial charge in [-0.2, -0.15) is 0 Å². The van der Waals surface area contributed by atoms with Crippen LogP contribution in [0.5, 0.6) is 5.75 Å². The van der Waals surface area contributed by atoms with Gasteiger partial charge in [0.1, 0.15) is 23.7 Å². The molecule has 1 atom stereocenters. The minimum atomic E-state index is -0.570. The number of thioether (sulfide) groups is 1. The quantitative estimate of drug-likeness (QED) is 0.507. The van der Waals surface area contributed by atoms with Gasteiger partial charge in [-0.15, -0.1) is 11.8 Å². The standard InChI is InChI=1S/C20H22N2O2S/c1-14(2)16-7-4-6-10-19(16)24-11-15(23)12-25-20-17-8-3-5-9-18(17)21-13-22-20/h3-10,13-15,23H,11-12H2,1-2H3/t15-/m0/s1. The Morgan fingerprint density at radius 3 is 2.64 bits per heavy atom. The van der Waals surface area contributed by atoms with E-state index >= 15 is 0 Å². The molecule has 0 spiro atoms. The van der Waals surface area contributed by atoms with E-state index in [0.29, 0.717) is 11.7 Å². The van der Waals surface area contributed by atoms with Gasteiger partial charge in [-0.3, -0.25) is 0 Å². The number of rotatable bonds is 7. The highest BCUT2D eigenvalue weighted by Crippen LogP contribution is 2.27. The molecule has 4 nitrogen and oxygen atoms in total. The Labute approximate surface area is 152 Å². The molecule has 0 bridgehead atoms.